The lowest BCUT2D eigenvalue weighted by atomic mass is 9.34. The first kappa shape index (κ1) is 36.8. The molecule has 0 saturated heterocycles. The smallest absolute Gasteiger partial charge is 0.270 e. The molecule has 5 heterocycles. The average molecular weight is 873 g/mol. The number of nitrogens with zero attached hydrogens (tertiary/aromatic N) is 2. The molecule has 5 nitrogen and oxygen atoms in total. The van der Waals surface area contributed by atoms with Crippen molar-refractivity contribution >= 4 is 95.5 Å². The fourth-order valence-electron chi connectivity index (χ4n) is 11.9. The lowest BCUT2D eigenvalue weighted by Crippen LogP contribution is -2.75. The van der Waals surface area contributed by atoms with Crippen molar-refractivity contribution in [1.29, 1.82) is 0 Å². The number of benzene rings is 10. The summed E-state index contributed by atoms with van der Waals surface area (Å²) in [6.07, 6.45) is 0. The van der Waals surface area contributed by atoms with Crippen molar-refractivity contribution in [2.24, 2.45) is 0 Å². The summed E-state index contributed by atoms with van der Waals surface area (Å²) in [6, 6.07) is 81.7. The molecule has 0 unspecified atom stereocenters. The lowest BCUT2D eigenvalue weighted by Gasteiger charge is -2.40. The number of hydrogen-bond acceptors (Lipinski definition) is 3. The third kappa shape index (κ3) is 5.03. The highest BCUT2D eigenvalue weighted by atomic mass is 28.3. The molecule has 10 aromatic carbocycles. The first-order valence-corrected chi connectivity index (χ1v) is 24.9. The van der Waals surface area contributed by atoms with Gasteiger partial charge in [0.15, 0.2) is 8.07 Å². The normalized spacial score (nSPS) is 13.1. The maximum atomic E-state index is 7.01. The molecule has 15 rings (SSSR count). The summed E-state index contributed by atoms with van der Waals surface area (Å²) in [5.41, 5.74) is 10.1. The van der Waals surface area contributed by atoms with Crippen molar-refractivity contribution in [2.45, 2.75) is 0 Å². The SMILES string of the molecule is c1ccc([Si](c2ccccc2)(c2cccc(-n3c4ccccc4c4cc(-n5c6ccccc6c6ccccc65)ccc43)c2)c2cc3c4c(c2)Oc2cccc5c2B4c2c(cccc2O3)O5)cc1. The molecule has 0 fully saturated rings. The van der Waals surface area contributed by atoms with E-state index in [1.54, 1.807) is 0 Å². The zero-order valence-corrected chi connectivity index (χ0v) is 37.1. The van der Waals surface area contributed by atoms with Gasteiger partial charge in [0.2, 0.25) is 0 Å². The molecule has 0 N–H and O–H groups in total. The zero-order valence-electron chi connectivity index (χ0n) is 36.1. The van der Waals surface area contributed by atoms with Crippen LogP contribution in [0.15, 0.2) is 224 Å². The molecule has 3 aliphatic heterocycles. The van der Waals surface area contributed by atoms with E-state index in [-0.39, 0.29) is 6.71 Å². The fourth-order valence-corrected chi connectivity index (χ4v) is 16.7. The van der Waals surface area contributed by atoms with Gasteiger partial charge in [0.25, 0.3) is 6.71 Å². The molecule has 0 aliphatic carbocycles. The maximum Gasteiger partial charge on any atom is 0.270 e. The van der Waals surface area contributed by atoms with Gasteiger partial charge in [-0.15, -0.1) is 0 Å². The Kier molecular flexibility index (Phi) is 7.55. The predicted molar refractivity (Wildman–Crippen MR) is 276 cm³/mol. The van der Waals surface area contributed by atoms with Crippen molar-refractivity contribution in [3.8, 4) is 45.9 Å². The molecule has 67 heavy (non-hydrogen) atoms. The molecule has 0 amide bonds. The van der Waals surface area contributed by atoms with E-state index in [1.807, 2.05) is 24.3 Å². The minimum absolute atomic E-state index is 0.0636. The van der Waals surface area contributed by atoms with Crippen LogP contribution in [0.2, 0.25) is 0 Å². The van der Waals surface area contributed by atoms with Crippen molar-refractivity contribution in [2.75, 3.05) is 0 Å². The van der Waals surface area contributed by atoms with Crippen LogP contribution in [0.25, 0.3) is 55.0 Å². The molecular formula is C60H37BN2O3Si. The molecule has 7 heteroatoms. The number of rotatable bonds is 6. The van der Waals surface area contributed by atoms with E-state index >= 15 is 0 Å². The fraction of sp³-hybridized carbons (Fsp3) is 0. The third-order valence-corrected chi connectivity index (χ3v) is 19.3. The van der Waals surface area contributed by atoms with Gasteiger partial charge in [-0.3, -0.25) is 0 Å². The van der Waals surface area contributed by atoms with Crippen LogP contribution in [0.3, 0.4) is 0 Å². The highest BCUT2D eigenvalue weighted by Crippen LogP contribution is 2.42. The van der Waals surface area contributed by atoms with Crippen molar-refractivity contribution in [3.63, 3.8) is 0 Å². The lowest BCUT2D eigenvalue weighted by molar-refractivity contribution is 0.443. The van der Waals surface area contributed by atoms with Crippen LogP contribution in [0.4, 0.5) is 0 Å². The Balaban J connectivity index is 0.972. The number of fused-ring (bicyclic) bond motifs is 6. The second kappa shape index (κ2) is 13.8. The summed E-state index contributed by atoms with van der Waals surface area (Å²) in [4.78, 5) is 0. The van der Waals surface area contributed by atoms with Gasteiger partial charge in [0.05, 0.1) is 22.1 Å². The van der Waals surface area contributed by atoms with E-state index < -0.39 is 8.07 Å². The quantitative estimate of drug-likeness (QED) is 0.123. The molecule has 2 aromatic heterocycles. The Morgan fingerprint density at radius 3 is 1.22 bits per heavy atom. The van der Waals surface area contributed by atoms with E-state index in [4.69, 9.17) is 14.2 Å². The minimum Gasteiger partial charge on any atom is -0.458 e. The first-order chi connectivity index (χ1) is 33.2. The second-order valence-electron chi connectivity index (χ2n) is 17.9. The van der Waals surface area contributed by atoms with Gasteiger partial charge in [-0.1, -0.05) is 140 Å². The minimum atomic E-state index is -3.17. The number of para-hydroxylation sites is 3. The molecular weight excluding hydrogens is 836 g/mol. The van der Waals surface area contributed by atoms with E-state index in [2.05, 4.69) is 209 Å². The summed E-state index contributed by atoms with van der Waals surface area (Å²) < 4.78 is 25.4. The topological polar surface area (TPSA) is 37.5 Å². The highest BCUT2D eigenvalue weighted by molar-refractivity contribution is 7.20. The Morgan fingerprint density at radius 2 is 0.687 bits per heavy atom. The highest BCUT2D eigenvalue weighted by Gasteiger charge is 2.49. The van der Waals surface area contributed by atoms with Gasteiger partial charge < -0.3 is 23.3 Å². The Labute approximate surface area is 387 Å². The largest absolute Gasteiger partial charge is 0.458 e. The number of aromatic nitrogens is 2. The Morgan fingerprint density at radius 1 is 0.284 bits per heavy atom. The maximum absolute atomic E-state index is 7.01. The Hall–Kier alpha value is -8.52. The molecule has 0 atom stereocenters. The van der Waals surface area contributed by atoms with Crippen LogP contribution >= 0.6 is 0 Å². The van der Waals surface area contributed by atoms with Crippen molar-refractivity contribution in [3.05, 3.63) is 224 Å². The van der Waals surface area contributed by atoms with Crippen molar-refractivity contribution in [1.82, 2.24) is 9.13 Å². The van der Waals surface area contributed by atoms with Crippen LogP contribution in [0.1, 0.15) is 0 Å². The zero-order chi connectivity index (χ0) is 43.8. The predicted octanol–water partition coefficient (Wildman–Crippen LogP) is 10.1. The first-order valence-electron chi connectivity index (χ1n) is 22.9. The number of hydrogen-bond donors (Lipinski definition) is 0. The molecule has 3 aliphatic rings. The molecule has 0 bridgehead atoms. The molecule has 12 aromatic rings. The van der Waals surface area contributed by atoms with Gasteiger partial charge in [-0.2, -0.15) is 0 Å². The van der Waals surface area contributed by atoms with Crippen LogP contribution in [-0.2, 0) is 0 Å². The van der Waals surface area contributed by atoms with E-state index in [0.29, 0.717) is 0 Å². The summed E-state index contributed by atoms with van der Waals surface area (Å²) in [7, 11) is -3.17. The number of ether oxygens (including phenoxy) is 3. The summed E-state index contributed by atoms with van der Waals surface area (Å²) in [6.45, 7) is -0.0636. The second-order valence-corrected chi connectivity index (χ2v) is 21.7. The molecule has 0 radical (unpaired) electrons. The van der Waals surface area contributed by atoms with Gasteiger partial charge in [0, 0.05) is 49.3 Å². The van der Waals surface area contributed by atoms with Gasteiger partial charge in [0.1, 0.15) is 34.5 Å². The molecule has 0 spiro atoms. The van der Waals surface area contributed by atoms with Crippen LogP contribution in [0.5, 0.6) is 34.5 Å². The van der Waals surface area contributed by atoms with Gasteiger partial charge in [-0.25, -0.2) is 0 Å². The van der Waals surface area contributed by atoms with E-state index in [0.717, 1.165) is 73.3 Å². The van der Waals surface area contributed by atoms with Gasteiger partial charge in [-0.05, 0) is 106 Å². The van der Waals surface area contributed by atoms with Crippen LogP contribution < -0.4 is 51.3 Å². The van der Waals surface area contributed by atoms with E-state index in [1.165, 1.54) is 53.3 Å². The Bertz CT molecular complexity index is 3880. The third-order valence-electron chi connectivity index (χ3n) is 14.6. The summed E-state index contributed by atoms with van der Waals surface area (Å²) in [5, 5.41) is 9.90. The molecule has 0 saturated carbocycles. The monoisotopic (exact) mass is 872 g/mol. The summed E-state index contributed by atoms with van der Waals surface area (Å²) in [5.74, 6) is 4.95. The summed E-state index contributed by atoms with van der Waals surface area (Å²) >= 11 is 0. The van der Waals surface area contributed by atoms with Crippen LogP contribution in [-0.4, -0.2) is 23.9 Å². The molecule has 312 valence electrons. The average Bonchev–Trinajstić information content (AvgIpc) is 3.90. The van der Waals surface area contributed by atoms with Gasteiger partial charge >= 0.3 is 0 Å². The van der Waals surface area contributed by atoms with Crippen LogP contribution in [0, 0.1) is 0 Å². The van der Waals surface area contributed by atoms with E-state index in [9.17, 15) is 0 Å². The standard InChI is InChI=1S/C60H37BN2O3Si/c1-3-17-40(18-4-1)67(41-19-5-2-6-20-41,43-36-56-60-57(37-43)66-55-31-15-29-53-59(55)61(60)58-52(64-53)28-14-30-54(58)65-56)42-21-13-16-38(34-42)62-50-27-12-9-24-46(50)47-35-39(32-33-51(47)62)63-48-25-10-7-22-44(48)45-23-8-11-26-49(45)63/h1-37H. The van der Waals surface area contributed by atoms with Crippen molar-refractivity contribution < 1.29 is 14.2 Å².